The van der Waals surface area contributed by atoms with Crippen LogP contribution in [0.15, 0.2) is 30.5 Å². The Morgan fingerprint density at radius 1 is 1.39 bits per heavy atom. The molecule has 0 saturated heterocycles. The van der Waals surface area contributed by atoms with E-state index in [-0.39, 0.29) is 10.7 Å². The number of rotatable bonds is 2. The van der Waals surface area contributed by atoms with Gasteiger partial charge in [-0.2, -0.15) is 5.26 Å². The molecule has 0 atom stereocenters. The normalized spacial score (nSPS) is 9.89. The van der Waals surface area contributed by atoms with Gasteiger partial charge in [0.05, 0.1) is 16.3 Å². The number of nitrogens with one attached hydrogen (secondary N) is 1. The molecule has 3 nitrogen and oxygen atoms in total. The number of aromatic nitrogens is 1. The van der Waals surface area contributed by atoms with Crippen LogP contribution in [0.3, 0.4) is 0 Å². The molecule has 0 bridgehead atoms. The molecule has 0 aliphatic carbocycles. The number of halogens is 2. The maximum absolute atomic E-state index is 13.7. The standard InChI is InChI=1S/C13H9ClFN3/c1-8-5-6-17-13(9(8)7-16)18-11-4-2-3-10(14)12(11)15/h2-6H,1H3,(H,17,18). The van der Waals surface area contributed by atoms with Crippen LogP contribution in [0.25, 0.3) is 0 Å². The van der Waals surface area contributed by atoms with Crippen LogP contribution < -0.4 is 5.32 Å². The minimum Gasteiger partial charge on any atom is -0.337 e. The highest BCUT2D eigenvalue weighted by molar-refractivity contribution is 6.31. The molecule has 1 aromatic carbocycles. The third-order valence-electron chi connectivity index (χ3n) is 2.48. The summed E-state index contributed by atoms with van der Waals surface area (Å²) in [7, 11) is 0. The van der Waals surface area contributed by atoms with Crippen molar-refractivity contribution in [2.75, 3.05) is 5.32 Å². The molecule has 18 heavy (non-hydrogen) atoms. The second-order valence-electron chi connectivity index (χ2n) is 3.69. The molecular weight excluding hydrogens is 253 g/mol. The molecule has 2 aromatic rings. The van der Waals surface area contributed by atoms with Crippen LogP contribution in [0.5, 0.6) is 0 Å². The number of hydrogen-bond donors (Lipinski definition) is 1. The zero-order chi connectivity index (χ0) is 13.1. The smallest absolute Gasteiger partial charge is 0.165 e. The monoisotopic (exact) mass is 261 g/mol. The first-order valence-corrected chi connectivity index (χ1v) is 5.58. The first kappa shape index (κ1) is 12.3. The van der Waals surface area contributed by atoms with E-state index in [1.165, 1.54) is 12.1 Å². The average Bonchev–Trinajstić information content (AvgIpc) is 2.35. The van der Waals surface area contributed by atoms with Gasteiger partial charge in [-0.1, -0.05) is 17.7 Å². The van der Waals surface area contributed by atoms with Gasteiger partial charge in [0.1, 0.15) is 11.9 Å². The molecule has 90 valence electrons. The fourth-order valence-electron chi connectivity index (χ4n) is 1.52. The van der Waals surface area contributed by atoms with Gasteiger partial charge < -0.3 is 5.32 Å². The third kappa shape index (κ3) is 2.27. The zero-order valence-electron chi connectivity index (χ0n) is 9.54. The molecule has 0 spiro atoms. The van der Waals surface area contributed by atoms with E-state index in [9.17, 15) is 4.39 Å². The number of nitriles is 1. The van der Waals surface area contributed by atoms with E-state index in [4.69, 9.17) is 16.9 Å². The van der Waals surface area contributed by atoms with Gasteiger partial charge in [-0.15, -0.1) is 0 Å². The van der Waals surface area contributed by atoms with Crippen molar-refractivity contribution in [3.63, 3.8) is 0 Å². The molecule has 1 aromatic heterocycles. The van der Waals surface area contributed by atoms with Crippen LogP contribution in [0.1, 0.15) is 11.1 Å². The van der Waals surface area contributed by atoms with E-state index in [2.05, 4.69) is 10.3 Å². The Balaban J connectivity index is 2.44. The lowest BCUT2D eigenvalue weighted by atomic mass is 10.1. The average molecular weight is 262 g/mol. The molecule has 0 fully saturated rings. The van der Waals surface area contributed by atoms with Crippen molar-refractivity contribution in [2.45, 2.75) is 6.92 Å². The quantitative estimate of drug-likeness (QED) is 0.895. The van der Waals surface area contributed by atoms with Gasteiger partial charge in [-0.3, -0.25) is 0 Å². The number of pyridine rings is 1. The third-order valence-corrected chi connectivity index (χ3v) is 2.77. The molecule has 0 aliphatic heterocycles. The molecule has 1 heterocycles. The highest BCUT2D eigenvalue weighted by atomic mass is 35.5. The Morgan fingerprint density at radius 3 is 2.89 bits per heavy atom. The molecule has 1 N–H and O–H groups in total. The highest BCUT2D eigenvalue weighted by Crippen LogP contribution is 2.26. The van der Waals surface area contributed by atoms with Crippen LogP contribution in [0.2, 0.25) is 5.02 Å². The van der Waals surface area contributed by atoms with Gasteiger partial charge >= 0.3 is 0 Å². The lowest BCUT2D eigenvalue weighted by Gasteiger charge is -2.09. The summed E-state index contributed by atoms with van der Waals surface area (Å²) in [4.78, 5) is 4.03. The number of benzene rings is 1. The van der Waals surface area contributed by atoms with Crippen molar-refractivity contribution in [1.29, 1.82) is 5.26 Å². The summed E-state index contributed by atoms with van der Waals surface area (Å²) in [6.07, 6.45) is 1.56. The first-order chi connectivity index (χ1) is 8.63. The minimum absolute atomic E-state index is 0.0196. The van der Waals surface area contributed by atoms with E-state index in [0.717, 1.165) is 5.56 Å². The van der Waals surface area contributed by atoms with Crippen molar-refractivity contribution >= 4 is 23.1 Å². The van der Waals surface area contributed by atoms with E-state index in [1.54, 1.807) is 25.3 Å². The molecule has 2 rings (SSSR count). The van der Waals surface area contributed by atoms with Crippen molar-refractivity contribution in [3.05, 3.63) is 52.4 Å². The van der Waals surface area contributed by atoms with Crippen LogP contribution >= 0.6 is 11.6 Å². The summed E-state index contributed by atoms with van der Waals surface area (Å²) in [6, 6.07) is 8.37. The van der Waals surface area contributed by atoms with Crippen molar-refractivity contribution in [3.8, 4) is 6.07 Å². The summed E-state index contributed by atoms with van der Waals surface area (Å²) in [5.74, 6) is -0.245. The van der Waals surface area contributed by atoms with E-state index >= 15 is 0 Å². The number of nitrogens with zero attached hydrogens (tertiary/aromatic N) is 2. The number of aryl methyl sites for hydroxylation is 1. The maximum atomic E-state index is 13.7. The topological polar surface area (TPSA) is 48.7 Å². The van der Waals surface area contributed by atoms with Crippen LogP contribution in [-0.2, 0) is 0 Å². The Morgan fingerprint density at radius 2 is 2.17 bits per heavy atom. The van der Waals surface area contributed by atoms with Gasteiger partial charge in [-0.25, -0.2) is 9.37 Å². The first-order valence-electron chi connectivity index (χ1n) is 5.20. The van der Waals surface area contributed by atoms with Gasteiger partial charge in [0.25, 0.3) is 0 Å². The van der Waals surface area contributed by atoms with Crippen molar-refractivity contribution in [2.24, 2.45) is 0 Å². The number of hydrogen-bond acceptors (Lipinski definition) is 3. The molecule has 0 amide bonds. The Kier molecular flexibility index (Phi) is 3.45. The fourth-order valence-corrected chi connectivity index (χ4v) is 1.70. The minimum atomic E-state index is -0.564. The van der Waals surface area contributed by atoms with Gasteiger partial charge in [0, 0.05) is 6.20 Å². The molecule has 5 heteroatoms. The molecule has 0 unspecified atom stereocenters. The van der Waals surface area contributed by atoms with Gasteiger partial charge in [-0.05, 0) is 30.7 Å². The predicted molar refractivity (Wildman–Crippen MR) is 68.4 cm³/mol. The Hall–Kier alpha value is -2.12. The summed E-state index contributed by atoms with van der Waals surface area (Å²) in [5.41, 5.74) is 1.35. The van der Waals surface area contributed by atoms with E-state index in [1.807, 2.05) is 6.07 Å². The van der Waals surface area contributed by atoms with Crippen LogP contribution in [-0.4, -0.2) is 4.98 Å². The maximum Gasteiger partial charge on any atom is 0.165 e. The van der Waals surface area contributed by atoms with E-state index < -0.39 is 5.82 Å². The van der Waals surface area contributed by atoms with E-state index in [0.29, 0.717) is 11.4 Å². The fraction of sp³-hybridized carbons (Fsp3) is 0.0769. The summed E-state index contributed by atoms with van der Waals surface area (Å²) in [6.45, 7) is 1.79. The molecular formula is C13H9ClFN3. The Bertz CT molecular complexity index is 635. The second kappa shape index (κ2) is 5.03. The summed E-state index contributed by atoms with van der Waals surface area (Å²) in [5, 5.41) is 11.9. The predicted octanol–water partition coefficient (Wildman–Crippen LogP) is 3.80. The molecule has 0 aliphatic rings. The number of anilines is 2. The lowest BCUT2D eigenvalue weighted by Crippen LogP contribution is -2.00. The second-order valence-corrected chi connectivity index (χ2v) is 4.10. The largest absolute Gasteiger partial charge is 0.337 e. The zero-order valence-corrected chi connectivity index (χ0v) is 10.3. The van der Waals surface area contributed by atoms with Crippen LogP contribution in [0, 0.1) is 24.1 Å². The summed E-state index contributed by atoms with van der Waals surface area (Å²) < 4.78 is 13.7. The summed E-state index contributed by atoms with van der Waals surface area (Å²) >= 11 is 5.68. The van der Waals surface area contributed by atoms with Crippen molar-refractivity contribution < 1.29 is 4.39 Å². The van der Waals surface area contributed by atoms with Crippen molar-refractivity contribution in [1.82, 2.24) is 4.98 Å². The lowest BCUT2D eigenvalue weighted by molar-refractivity contribution is 0.632. The Labute approximate surface area is 109 Å². The van der Waals surface area contributed by atoms with Gasteiger partial charge in [0.15, 0.2) is 5.82 Å². The highest BCUT2D eigenvalue weighted by Gasteiger charge is 2.10. The molecule has 0 radical (unpaired) electrons. The SMILES string of the molecule is Cc1ccnc(Nc2cccc(Cl)c2F)c1C#N. The van der Waals surface area contributed by atoms with Gasteiger partial charge in [0.2, 0.25) is 0 Å². The van der Waals surface area contributed by atoms with Crippen LogP contribution in [0.4, 0.5) is 15.9 Å². The molecule has 0 saturated carbocycles.